The summed E-state index contributed by atoms with van der Waals surface area (Å²) in [5, 5.41) is 0. The van der Waals surface area contributed by atoms with E-state index < -0.39 is 0 Å². The van der Waals surface area contributed by atoms with Gasteiger partial charge in [-0.05, 0) is 81.1 Å². The summed E-state index contributed by atoms with van der Waals surface area (Å²) in [7, 11) is 8.86. The zero-order chi connectivity index (χ0) is 30.2. The van der Waals surface area contributed by atoms with Gasteiger partial charge >= 0.3 is 7.41 Å². The van der Waals surface area contributed by atoms with Gasteiger partial charge in [0.25, 0.3) is 5.82 Å². The molecule has 3 aromatic carbocycles. The summed E-state index contributed by atoms with van der Waals surface area (Å²) < 4.78 is 4.60. The summed E-state index contributed by atoms with van der Waals surface area (Å²) in [5.41, 5.74) is 13.4. The third-order valence-corrected chi connectivity index (χ3v) is 8.40. The fourth-order valence-electron chi connectivity index (χ4n) is 6.24. The van der Waals surface area contributed by atoms with E-state index in [0.29, 0.717) is 23.7 Å². The summed E-state index contributed by atoms with van der Waals surface area (Å²) in [4.78, 5) is 2.28. The van der Waals surface area contributed by atoms with Crippen LogP contribution in [0.15, 0.2) is 60.9 Å². The lowest BCUT2D eigenvalue weighted by atomic mass is 9.71. The molecule has 4 aromatic rings. The SMILES string of the molecule is Cc1cc(-c2c(C(C)C)cccc2C(C)C)cc(N(C)C)c1-c1n(C)cc[n+]1[B]c1c(C(C)C)cccc1C(C)C. The Morgan fingerprint density at radius 2 is 1.20 bits per heavy atom. The molecule has 0 N–H and O–H groups in total. The van der Waals surface area contributed by atoms with E-state index in [1.54, 1.807) is 0 Å². The molecule has 1 aromatic heterocycles. The number of anilines is 1. The van der Waals surface area contributed by atoms with Gasteiger partial charge in [-0.1, -0.05) is 97.9 Å². The van der Waals surface area contributed by atoms with Crippen molar-refractivity contribution in [3.05, 3.63) is 88.7 Å². The van der Waals surface area contributed by atoms with Gasteiger partial charge in [0, 0.05) is 14.1 Å². The first-order valence-corrected chi connectivity index (χ1v) is 15.3. The molecule has 0 aliphatic heterocycles. The average Bonchev–Trinajstić information content (AvgIpc) is 3.26. The Morgan fingerprint density at radius 1 is 0.707 bits per heavy atom. The van der Waals surface area contributed by atoms with Crippen molar-refractivity contribution in [2.24, 2.45) is 7.05 Å². The normalized spacial score (nSPS) is 11.8. The van der Waals surface area contributed by atoms with E-state index in [1.807, 2.05) is 0 Å². The molecule has 0 saturated carbocycles. The smallest absolute Gasteiger partial charge is 0.377 e. The Hall–Kier alpha value is -3.27. The second kappa shape index (κ2) is 12.3. The van der Waals surface area contributed by atoms with Crippen molar-refractivity contribution in [3.63, 3.8) is 0 Å². The van der Waals surface area contributed by atoms with E-state index in [0.717, 1.165) is 0 Å². The minimum absolute atomic E-state index is 0.447. The van der Waals surface area contributed by atoms with Crippen molar-refractivity contribution < 1.29 is 4.48 Å². The van der Waals surface area contributed by atoms with Crippen LogP contribution in [0.2, 0.25) is 0 Å². The number of hydrogen-bond donors (Lipinski definition) is 0. The van der Waals surface area contributed by atoms with Gasteiger partial charge in [-0.3, -0.25) is 4.48 Å². The Labute approximate surface area is 250 Å². The van der Waals surface area contributed by atoms with Gasteiger partial charge in [-0.2, -0.15) is 0 Å². The predicted molar refractivity (Wildman–Crippen MR) is 179 cm³/mol. The highest BCUT2D eigenvalue weighted by Gasteiger charge is 2.28. The standard InChI is InChI=1S/C37H50BN3/c1-23(2)29-15-13-16-30(24(3)4)35(29)28-21-27(9)34(33(22-28)39(10)11)37-40(12)19-20-41(37)38-36-31(25(5)6)17-14-18-32(36)26(7)8/h13-26H,1-12H3/q+1. The number of rotatable bonds is 9. The minimum atomic E-state index is 0.447. The first kappa shape index (κ1) is 30.7. The first-order valence-electron chi connectivity index (χ1n) is 15.3. The Balaban J connectivity index is 1.96. The average molecular weight is 548 g/mol. The van der Waals surface area contributed by atoms with E-state index in [-0.39, 0.29) is 0 Å². The largest absolute Gasteiger partial charge is 0.437 e. The van der Waals surface area contributed by atoms with Crippen LogP contribution in [0.1, 0.15) is 107 Å². The van der Waals surface area contributed by atoms with Crippen molar-refractivity contribution in [1.29, 1.82) is 0 Å². The molecule has 41 heavy (non-hydrogen) atoms. The maximum Gasteiger partial charge on any atom is 0.437 e. The number of hydrogen-bond acceptors (Lipinski definition) is 1. The van der Waals surface area contributed by atoms with Crippen molar-refractivity contribution in [1.82, 2.24) is 4.57 Å². The van der Waals surface area contributed by atoms with Crippen LogP contribution in [0.5, 0.6) is 0 Å². The van der Waals surface area contributed by atoms with Crippen molar-refractivity contribution in [2.45, 2.75) is 86.0 Å². The molecule has 215 valence electrons. The second-order valence-electron chi connectivity index (χ2n) is 13.1. The van der Waals surface area contributed by atoms with Crippen LogP contribution in [-0.4, -0.2) is 26.1 Å². The molecule has 1 heterocycles. The van der Waals surface area contributed by atoms with Crippen molar-refractivity contribution >= 4 is 18.6 Å². The molecule has 0 unspecified atom stereocenters. The Bertz CT molecular complexity index is 1470. The lowest BCUT2D eigenvalue weighted by Gasteiger charge is -2.24. The highest BCUT2D eigenvalue weighted by atomic mass is 15.1. The van der Waals surface area contributed by atoms with Gasteiger partial charge in [0.15, 0.2) is 0 Å². The summed E-state index contributed by atoms with van der Waals surface area (Å²) >= 11 is 0. The summed E-state index contributed by atoms with van der Waals surface area (Å²) in [6, 6.07) is 18.5. The Morgan fingerprint density at radius 3 is 1.66 bits per heavy atom. The molecule has 4 heteroatoms. The molecule has 0 spiro atoms. The summed E-state index contributed by atoms with van der Waals surface area (Å²) in [5.74, 6) is 2.98. The molecular weight excluding hydrogens is 497 g/mol. The highest BCUT2D eigenvalue weighted by molar-refractivity contribution is 6.46. The van der Waals surface area contributed by atoms with Gasteiger partial charge in [0.1, 0.15) is 12.4 Å². The number of imidazole rings is 1. The number of aromatic nitrogens is 2. The zero-order valence-electron chi connectivity index (χ0n) is 27.5. The maximum absolute atomic E-state index is 2.41. The molecule has 0 fully saturated rings. The van der Waals surface area contributed by atoms with Gasteiger partial charge in [-0.15, -0.1) is 0 Å². The lowest BCUT2D eigenvalue weighted by molar-refractivity contribution is -0.513. The predicted octanol–water partition coefficient (Wildman–Crippen LogP) is 8.31. The van der Waals surface area contributed by atoms with Crippen LogP contribution >= 0.6 is 0 Å². The van der Waals surface area contributed by atoms with Crippen LogP contribution in [-0.2, 0) is 7.05 Å². The maximum atomic E-state index is 2.41. The molecule has 0 atom stereocenters. The topological polar surface area (TPSA) is 12.1 Å². The minimum Gasteiger partial charge on any atom is -0.377 e. The van der Waals surface area contributed by atoms with Crippen LogP contribution in [0.25, 0.3) is 22.5 Å². The summed E-state index contributed by atoms with van der Waals surface area (Å²) in [6.45, 7) is 20.7. The molecule has 0 saturated heterocycles. The van der Waals surface area contributed by atoms with Crippen LogP contribution < -0.4 is 14.8 Å². The molecule has 0 aliphatic rings. The molecular formula is C37H50BN3+. The second-order valence-corrected chi connectivity index (χ2v) is 13.1. The molecule has 0 amide bonds. The molecule has 4 rings (SSSR count). The van der Waals surface area contributed by atoms with Crippen molar-refractivity contribution in [3.8, 4) is 22.5 Å². The Kier molecular flexibility index (Phi) is 9.21. The third kappa shape index (κ3) is 6.03. The molecule has 0 bridgehead atoms. The lowest BCUT2D eigenvalue weighted by Crippen LogP contribution is -2.50. The molecule has 1 radical (unpaired) electrons. The van der Waals surface area contributed by atoms with E-state index in [2.05, 4.69) is 166 Å². The fraction of sp³-hybridized carbons (Fsp3) is 0.432. The van der Waals surface area contributed by atoms with Crippen LogP contribution in [0.4, 0.5) is 5.69 Å². The quantitative estimate of drug-likeness (QED) is 0.192. The highest BCUT2D eigenvalue weighted by Crippen LogP contribution is 2.41. The number of aryl methyl sites for hydroxylation is 2. The van der Waals surface area contributed by atoms with E-state index in [9.17, 15) is 0 Å². The molecule has 0 aliphatic carbocycles. The zero-order valence-corrected chi connectivity index (χ0v) is 27.5. The number of benzene rings is 3. The van der Waals surface area contributed by atoms with Crippen LogP contribution in [0, 0.1) is 6.92 Å². The molecule has 3 nitrogen and oxygen atoms in total. The monoisotopic (exact) mass is 547 g/mol. The van der Waals surface area contributed by atoms with E-state index in [4.69, 9.17) is 0 Å². The van der Waals surface area contributed by atoms with E-state index >= 15 is 0 Å². The third-order valence-electron chi connectivity index (χ3n) is 8.40. The van der Waals surface area contributed by atoms with E-state index in [1.165, 1.54) is 61.5 Å². The van der Waals surface area contributed by atoms with Crippen LogP contribution in [0.3, 0.4) is 0 Å². The van der Waals surface area contributed by atoms with Gasteiger partial charge < -0.3 is 4.90 Å². The van der Waals surface area contributed by atoms with Gasteiger partial charge in [0.2, 0.25) is 0 Å². The van der Waals surface area contributed by atoms with Gasteiger partial charge in [-0.25, -0.2) is 4.57 Å². The number of nitrogens with zero attached hydrogens (tertiary/aromatic N) is 3. The summed E-state index contributed by atoms with van der Waals surface area (Å²) in [6.07, 6.45) is 4.38. The van der Waals surface area contributed by atoms with Crippen molar-refractivity contribution in [2.75, 3.05) is 19.0 Å². The van der Waals surface area contributed by atoms with Gasteiger partial charge in [0.05, 0.1) is 18.3 Å². The first-order chi connectivity index (χ1) is 19.3. The fourth-order valence-corrected chi connectivity index (χ4v) is 6.24.